The van der Waals surface area contributed by atoms with Crippen molar-refractivity contribution in [2.45, 2.75) is 65.9 Å². The van der Waals surface area contributed by atoms with E-state index in [1.165, 1.54) is 0 Å². The second-order valence-corrected chi connectivity index (χ2v) is 6.50. The predicted molar refractivity (Wildman–Crippen MR) is 91.8 cm³/mol. The molecule has 0 aromatic rings. The Morgan fingerprint density at radius 2 is 1.68 bits per heavy atom. The van der Waals surface area contributed by atoms with Crippen LogP contribution in [0.25, 0.3) is 0 Å². The van der Waals surface area contributed by atoms with Gasteiger partial charge in [0.05, 0.1) is 19.6 Å². The molecule has 0 spiro atoms. The van der Waals surface area contributed by atoms with Gasteiger partial charge in [0.25, 0.3) is 0 Å². The normalized spacial score (nSPS) is 15.1. The minimum Gasteiger partial charge on any atom is -0.481 e. The first kappa shape index (κ1) is 21.1. The Labute approximate surface area is 136 Å². The zero-order valence-corrected chi connectivity index (χ0v) is 14.9. The van der Waals surface area contributed by atoms with Gasteiger partial charge in [0.15, 0.2) is 0 Å². The summed E-state index contributed by atoms with van der Waals surface area (Å²) in [4.78, 5) is 11.2. The van der Waals surface area contributed by atoms with Gasteiger partial charge in [0.1, 0.15) is 18.6 Å². The van der Waals surface area contributed by atoms with Gasteiger partial charge < -0.3 is 14.7 Å². The van der Waals surface area contributed by atoms with Crippen molar-refractivity contribution >= 4 is 5.97 Å². The first-order valence-corrected chi connectivity index (χ1v) is 8.81. The number of rotatable bonds is 13. The molecule has 0 fully saturated rings. The van der Waals surface area contributed by atoms with Crippen molar-refractivity contribution in [1.82, 2.24) is 0 Å². The third-order valence-corrected chi connectivity index (χ3v) is 4.15. The maximum absolute atomic E-state index is 11.2. The molecule has 0 aliphatic carbocycles. The van der Waals surface area contributed by atoms with Crippen LogP contribution in [0.2, 0.25) is 0 Å². The monoisotopic (exact) mass is 314 g/mol. The maximum atomic E-state index is 11.2. The molecule has 0 aliphatic rings. The lowest BCUT2D eigenvalue weighted by Gasteiger charge is -2.41. The number of hydrogen-bond donors (Lipinski definition) is 2. The summed E-state index contributed by atoms with van der Waals surface area (Å²) < 4.78 is 0.721. The zero-order valence-electron chi connectivity index (χ0n) is 14.9. The van der Waals surface area contributed by atoms with Crippen LogP contribution in [-0.2, 0) is 4.79 Å². The lowest BCUT2D eigenvalue weighted by Crippen LogP contribution is -2.56. The van der Waals surface area contributed by atoms with Gasteiger partial charge in [-0.15, -0.1) is 0 Å². The van der Waals surface area contributed by atoms with Crippen molar-refractivity contribution in [3.05, 3.63) is 12.2 Å². The van der Waals surface area contributed by atoms with Gasteiger partial charge in [-0.3, -0.25) is 4.79 Å². The van der Waals surface area contributed by atoms with Gasteiger partial charge in [-0.1, -0.05) is 32.9 Å². The first-order chi connectivity index (χ1) is 10.4. The molecule has 4 heteroatoms. The zero-order chi connectivity index (χ0) is 17.0. The topological polar surface area (TPSA) is 57.5 Å². The number of aliphatic carboxylic acids is 1. The molecule has 2 N–H and O–H groups in total. The minimum atomic E-state index is -0.741. The smallest absolute Gasteiger partial charge is 0.311 e. The molecule has 0 saturated heterocycles. The Kier molecular flexibility index (Phi) is 11.2. The summed E-state index contributed by atoms with van der Waals surface area (Å²) in [6.45, 7) is 11.3. The van der Waals surface area contributed by atoms with Crippen LogP contribution in [0.15, 0.2) is 12.2 Å². The molecule has 22 heavy (non-hydrogen) atoms. The lowest BCUT2D eigenvalue weighted by atomic mass is 10.1. The summed E-state index contributed by atoms with van der Waals surface area (Å²) >= 11 is 0. The number of quaternary nitrogens is 1. The van der Waals surface area contributed by atoms with Crippen molar-refractivity contribution in [2.24, 2.45) is 5.92 Å². The Bertz CT molecular complexity index is 322. The molecule has 0 saturated carbocycles. The molecule has 0 rings (SSSR count). The molecule has 0 radical (unpaired) electrons. The molecular weight excluding hydrogens is 278 g/mol. The first-order valence-electron chi connectivity index (χ1n) is 8.81. The van der Waals surface area contributed by atoms with E-state index in [0.29, 0.717) is 13.1 Å². The number of aliphatic hydroxyl groups excluding tert-OH is 1. The fraction of sp³-hybridized carbons (Fsp3) is 0.833. The minimum absolute atomic E-state index is 0.361. The van der Waals surface area contributed by atoms with Crippen LogP contribution in [0, 0.1) is 5.92 Å². The van der Waals surface area contributed by atoms with E-state index >= 15 is 0 Å². The van der Waals surface area contributed by atoms with Crippen LogP contribution in [-0.4, -0.2) is 52.9 Å². The number of carbonyl (C=O) groups is 1. The summed E-state index contributed by atoms with van der Waals surface area (Å²) in [6, 6.07) is 0. The Morgan fingerprint density at radius 1 is 1.09 bits per heavy atom. The molecule has 0 aliphatic heterocycles. The maximum Gasteiger partial charge on any atom is 0.311 e. The van der Waals surface area contributed by atoms with E-state index in [1.807, 2.05) is 0 Å². The average molecular weight is 314 g/mol. The van der Waals surface area contributed by atoms with Crippen LogP contribution in [0.1, 0.15) is 59.8 Å². The van der Waals surface area contributed by atoms with Crippen LogP contribution in [0.5, 0.6) is 0 Å². The molecule has 4 nitrogen and oxygen atoms in total. The van der Waals surface area contributed by atoms with Crippen LogP contribution >= 0.6 is 0 Å². The van der Waals surface area contributed by atoms with E-state index in [4.69, 9.17) is 0 Å². The average Bonchev–Trinajstić information content (AvgIpc) is 2.44. The summed E-state index contributed by atoms with van der Waals surface area (Å²) in [7, 11) is 0. The van der Waals surface area contributed by atoms with E-state index < -0.39 is 5.97 Å². The van der Waals surface area contributed by atoms with Crippen molar-refractivity contribution in [3.63, 3.8) is 0 Å². The summed E-state index contributed by atoms with van der Waals surface area (Å²) in [5.74, 6) is -1.11. The Morgan fingerprint density at radius 3 is 2.14 bits per heavy atom. The van der Waals surface area contributed by atoms with E-state index in [0.717, 1.165) is 49.7 Å². The number of carboxylic acid groups (broad SMARTS) is 1. The highest BCUT2D eigenvalue weighted by Gasteiger charge is 2.32. The van der Waals surface area contributed by atoms with Crippen molar-refractivity contribution < 1.29 is 19.5 Å². The second kappa shape index (κ2) is 11.7. The number of aliphatic hydroxyl groups is 1. The highest BCUT2D eigenvalue weighted by Crippen LogP contribution is 2.17. The molecule has 0 bridgehead atoms. The number of nitrogens with zero attached hydrogens (tertiary/aromatic N) is 1. The predicted octanol–water partition coefficient (Wildman–Crippen LogP) is 3.45. The standard InChI is InChI=1S/C18H35NO3/c1-5-8-9-10-11-17(20)15-19(12-6-2,13-7-3)14-16(4)18(21)22/h8-9,16-17,20H,5-7,10-15H2,1-4H3/p+1/b9-8+. The second-order valence-electron chi connectivity index (χ2n) is 6.50. The number of hydrogen-bond acceptors (Lipinski definition) is 2. The van der Waals surface area contributed by atoms with Crippen molar-refractivity contribution in [1.29, 1.82) is 0 Å². The lowest BCUT2D eigenvalue weighted by molar-refractivity contribution is -0.933. The molecule has 0 aromatic heterocycles. The quantitative estimate of drug-likeness (QED) is 0.404. The van der Waals surface area contributed by atoms with Crippen LogP contribution < -0.4 is 0 Å². The van der Waals surface area contributed by atoms with Gasteiger partial charge in [-0.2, -0.15) is 0 Å². The third-order valence-electron chi connectivity index (χ3n) is 4.15. The van der Waals surface area contributed by atoms with Gasteiger partial charge in [-0.25, -0.2) is 0 Å². The Balaban J connectivity index is 4.80. The molecule has 0 amide bonds. The molecule has 0 aromatic carbocycles. The fourth-order valence-electron chi connectivity index (χ4n) is 3.27. The van der Waals surface area contributed by atoms with Gasteiger partial charge in [-0.05, 0) is 39.0 Å². The van der Waals surface area contributed by atoms with Crippen LogP contribution in [0.3, 0.4) is 0 Å². The SMILES string of the molecule is CC/C=C/CCC(O)C[N+](CCC)(CCC)CC(C)C(=O)O. The van der Waals surface area contributed by atoms with E-state index in [9.17, 15) is 15.0 Å². The third kappa shape index (κ3) is 8.54. The van der Waals surface area contributed by atoms with Crippen LogP contribution in [0.4, 0.5) is 0 Å². The summed E-state index contributed by atoms with van der Waals surface area (Å²) in [6.07, 6.45) is 8.58. The molecule has 2 unspecified atom stereocenters. The van der Waals surface area contributed by atoms with Gasteiger partial charge in [0.2, 0.25) is 0 Å². The van der Waals surface area contributed by atoms with E-state index in [1.54, 1.807) is 6.92 Å². The number of allylic oxidation sites excluding steroid dienone is 2. The highest BCUT2D eigenvalue weighted by molar-refractivity contribution is 5.69. The van der Waals surface area contributed by atoms with Crippen molar-refractivity contribution in [3.8, 4) is 0 Å². The van der Waals surface area contributed by atoms with Crippen molar-refractivity contribution in [2.75, 3.05) is 26.2 Å². The highest BCUT2D eigenvalue weighted by atomic mass is 16.4. The Hall–Kier alpha value is -0.870. The molecule has 2 atom stereocenters. The van der Waals surface area contributed by atoms with Gasteiger partial charge in [0, 0.05) is 0 Å². The molecule has 0 heterocycles. The largest absolute Gasteiger partial charge is 0.481 e. The number of carboxylic acids is 1. The van der Waals surface area contributed by atoms with Gasteiger partial charge >= 0.3 is 5.97 Å². The summed E-state index contributed by atoms with van der Waals surface area (Å²) in [5, 5.41) is 19.6. The molecular formula is C18H36NO3+. The van der Waals surface area contributed by atoms with E-state index in [-0.39, 0.29) is 12.0 Å². The van der Waals surface area contributed by atoms with E-state index in [2.05, 4.69) is 32.9 Å². The fourth-order valence-corrected chi connectivity index (χ4v) is 3.27. The summed E-state index contributed by atoms with van der Waals surface area (Å²) in [5.41, 5.74) is 0. The molecule has 130 valence electrons.